The Kier molecular flexibility index (Phi) is 7.82. The third-order valence-corrected chi connectivity index (χ3v) is 12.6. The van der Waals surface area contributed by atoms with Gasteiger partial charge < -0.3 is 4.90 Å². The molecule has 3 aliphatic carbocycles. The largest absolute Gasteiger partial charge is 0.311 e. The average molecular weight is 728 g/mol. The Morgan fingerprint density at radius 1 is 0.351 bits per heavy atom. The number of nitrogens with zero attached hydrogens (tertiary/aromatic N) is 1. The lowest BCUT2D eigenvalue weighted by Crippen LogP contribution is -2.44. The van der Waals surface area contributed by atoms with Gasteiger partial charge in [0.15, 0.2) is 0 Å². The van der Waals surface area contributed by atoms with Crippen molar-refractivity contribution in [1.29, 1.82) is 0 Å². The summed E-state index contributed by atoms with van der Waals surface area (Å²) in [7, 11) is 0. The molecule has 0 aromatic heterocycles. The molecule has 0 amide bonds. The lowest BCUT2D eigenvalue weighted by atomic mass is 9.51. The fourth-order valence-corrected chi connectivity index (χ4v) is 10.5. The monoisotopic (exact) mass is 727 g/mol. The van der Waals surface area contributed by atoms with E-state index in [1.165, 1.54) is 72.5 Å². The molecule has 57 heavy (non-hydrogen) atoms. The molecule has 2 atom stereocenters. The summed E-state index contributed by atoms with van der Waals surface area (Å²) in [6.07, 6.45) is 9.02. The number of benzene rings is 8. The van der Waals surface area contributed by atoms with Gasteiger partial charge in [0, 0.05) is 17.1 Å². The van der Waals surface area contributed by atoms with Crippen molar-refractivity contribution in [1.82, 2.24) is 0 Å². The van der Waals surface area contributed by atoms with Gasteiger partial charge in [0.2, 0.25) is 0 Å². The third kappa shape index (κ3) is 4.82. The molecule has 1 heteroatoms. The number of para-hydroxylation sites is 1. The van der Waals surface area contributed by atoms with Gasteiger partial charge in [-0.1, -0.05) is 194 Å². The van der Waals surface area contributed by atoms with Crippen LogP contribution in [0.1, 0.15) is 57.3 Å². The Morgan fingerprint density at radius 3 is 1.49 bits per heavy atom. The molecule has 2 unspecified atom stereocenters. The maximum Gasteiger partial charge on any atom is 0.0720 e. The van der Waals surface area contributed by atoms with E-state index in [1.807, 2.05) is 0 Å². The van der Waals surface area contributed by atoms with E-state index in [2.05, 4.69) is 229 Å². The molecule has 0 N–H and O–H groups in total. The first-order valence-electron chi connectivity index (χ1n) is 20.2. The van der Waals surface area contributed by atoms with Gasteiger partial charge in [0.25, 0.3) is 0 Å². The predicted molar refractivity (Wildman–Crippen MR) is 236 cm³/mol. The molecule has 0 aliphatic heterocycles. The van der Waals surface area contributed by atoms with Crippen LogP contribution in [0, 0.1) is 0 Å². The number of rotatable bonds is 7. The predicted octanol–water partition coefficient (Wildman–Crippen LogP) is 13.8. The summed E-state index contributed by atoms with van der Waals surface area (Å²) in [6, 6.07) is 77.1. The summed E-state index contributed by atoms with van der Waals surface area (Å²) < 4.78 is 0. The molecular weight excluding hydrogens is 687 g/mol. The summed E-state index contributed by atoms with van der Waals surface area (Å²) in [4.78, 5) is 2.38. The van der Waals surface area contributed by atoms with E-state index in [0.717, 1.165) is 24.2 Å². The Morgan fingerprint density at radius 2 is 0.842 bits per heavy atom. The number of fused-ring (bicyclic) bond motifs is 5. The second-order valence-corrected chi connectivity index (χ2v) is 15.4. The molecule has 8 aromatic carbocycles. The number of allylic oxidation sites excluding steroid dienone is 3. The normalized spacial score (nSPS) is 18.6. The van der Waals surface area contributed by atoms with Crippen molar-refractivity contribution in [3.63, 3.8) is 0 Å². The summed E-state index contributed by atoms with van der Waals surface area (Å²) in [6.45, 7) is 0. The zero-order chi connectivity index (χ0) is 37.8. The van der Waals surface area contributed by atoms with Crippen LogP contribution in [0.4, 0.5) is 11.4 Å². The lowest BCUT2D eigenvalue weighted by molar-refractivity contribution is 0.627. The average Bonchev–Trinajstić information content (AvgIpc) is 3.61. The summed E-state index contributed by atoms with van der Waals surface area (Å²) in [5.41, 5.74) is 18.0. The first-order chi connectivity index (χ1) is 28.3. The van der Waals surface area contributed by atoms with E-state index in [0.29, 0.717) is 0 Å². The molecule has 0 spiro atoms. The zero-order valence-electron chi connectivity index (χ0n) is 31.7. The number of hydrogen-bond acceptors (Lipinski definition) is 1. The highest BCUT2D eigenvalue weighted by Crippen LogP contribution is 2.66. The highest BCUT2D eigenvalue weighted by molar-refractivity contribution is 5.92. The van der Waals surface area contributed by atoms with Crippen LogP contribution in [0.5, 0.6) is 0 Å². The van der Waals surface area contributed by atoms with Gasteiger partial charge in [-0.05, 0) is 110 Å². The molecular formula is C56H41N. The minimum absolute atomic E-state index is 0.474. The first-order valence-corrected chi connectivity index (χ1v) is 20.2. The van der Waals surface area contributed by atoms with Crippen molar-refractivity contribution >= 4 is 11.4 Å². The van der Waals surface area contributed by atoms with Crippen molar-refractivity contribution in [2.45, 2.75) is 23.7 Å². The summed E-state index contributed by atoms with van der Waals surface area (Å²) in [5, 5.41) is 0. The maximum atomic E-state index is 2.42. The molecule has 8 aromatic rings. The van der Waals surface area contributed by atoms with Gasteiger partial charge in [-0.2, -0.15) is 0 Å². The minimum atomic E-state index is -0.618. The SMILES string of the molecule is C1=CC(N(c2ccccc2)c2ccc(-c3ccccc3C3(c4ccccc4)c4ccccc4C4(c5ccccc5)c5ccccc5-c5cccc3c54)cc2)=CCC1. The van der Waals surface area contributed by atoms with Crippen LogP contribution in [0.15, 0.2) is 230 Å². The first kappa shape index (κ1) is 33.4. The van der Waals surface area contributed by atoms with Gasteiger partial charge in [-0.25, -0.2) is 0 Å². The van der Waals surface area contributed by atoms with Crippen molar-refractivity contribution in [3.05, 3.63) is 275 Å². The second kappa shape index (κ2) is 13.4. The van der Waals surface area contributed by atoms with Crippen molar-refractivity contribution < 1.29 is 0 Å². The minimum Gasteiger partial charge on any atom is -0.311 e. The van der Waals surface area contributed by atoms with Gasteiger partial charge in [0.1, 0.15) is 0 Å². The highest BCUT2D eigenvalue weighted by atomic mass is 15.1. The van der Waals surface area contributed by atoms with E-state index in [1.54, 1.807) is 0 Å². The van der Waals surface area contributed by atoms with Crippen LogP contribution >= 0.6 is 0 Å². The molecule has 0 bridgehead atoms. The smallest absolute Gasteiger partial charge is 0.0720 e. The zero-order valence-corrected chi connectivity index (χ0v) is 31.7. The van der Waals surface area contributed by atoms with Crippen LogP contribution < -0.4 is 4.90 Å². The fourth-order valence-electron chi connectivity index (χ4n) is 10.5. The van der Waals surface area contributed by atoms with Crippen molar-refractivity contribution in [2.24, 2.45) is 0 Å². The fraction of sp³-hybridized carbons (Fsp3) is 0.0714. The Labute approximate surface area is 335 Å². The van der Waals surface area contributed by atoms with E-state index in [-0.39, 0.29) is 0 Å². The molecule has 0 heterocycles. The number of anilines is 2. The van der Waals surface area contributed by atoms with Crippen LogP contribution in [0.3, 0.4) is 0 Å². The summed E-state index contributed by atoms with van der Waals surface area (Å²) >= 11 is 0. The van der Waals surface area contributed by atoms with Crippen LogP contribution in [-0.4, -0.2) is 0 Å². The molecule has 0 saturated carbocycles. The van der Waals surface area contributed by atoms with E-state index in [9.17, 15) is 0 Å². The summed E-state index contributed by atoms with van der Waals surface area (Å²) in [5.74, 6) is 0. The maximum absolute atomic E-state index is 2.42. The topological polar surface area (TPSA) is 3.24 Å². The Hall–Kier alpha value is -6.96. The van der Waals surface area contributed by atoms with E-state index in [4.69, 9.17) is 0 Å². The van der Waals surface area contributed by atoms with Gasteiger partial charge >= 0.3 is 0 Å². The molecule has 270 valence electrons. The van der Waals surface area contributed by atoms with Crippen LogP contribution in [-0.2, 0) is 10.8 Å². The molecule has 3 aliphatic rings. The molecule has 0 radical (unpaired) electrons. The van der Waals surface area contributed by atoms with Crippen LogP contribution in [0.25, 0.3) is 22.3 Å². The van der Waals surface area contributed by atoms with Crippen molar-refractivity contribution in [2.75, 3.05) is 4.90 Å². The second-order valence-electron chi connectivity index (χ2n) is 15.4. The van der Waals surface area contributed by atoms with Gasteiger partial charge in [0.05, 0.1) is 10.8 Å². The van der Waals surface area contributed by atoms with Crippen LogP contribution in [0.2, 0.25) is 0 Å². The Balaban J connectivity index is 1.19. The van der Waals surface area contributed by atoms with E-state index >= 15 is 0 Å². The van der Waals surface area contributed by atoms with Gasteiger partial charge in [-0.15, -0.1) is 0 Å². The lowest BCUT2D eigenvalue weighted by Gasteiger charge is -2.50. The third-order valence-electron chi connectivity index (χ3n) is 12.6. The van der Waals surface area contributed by atoms with E-state index < -0.39 is 10.8 Å². The number of hydrogen-bond donors (Lipinski definition) is 0. The molecule has 0 saturated heterocycles. The molecule has 11 rings (SSSR count). The Bertz CT molecular complexity index is 2830. The van der Waals surface area contributed by atoms with Crippen molar-refractivity contribution in [3.8, 4) is 22.3 Å². The molecule has 0 fully saturated rings. The van der Waals surface area contributed by atoms with Gasteiger partial charge in [-0.3, -0.25) is 0 Å². The standard InChI is InChI=1S/C56H41N/c1-5-20-41(21-6-1)55(49-31-15-13-28-46(49)40-36-38-45(39-37-40)57(43-24-9-3-10-25-43)44-26-11-4-12-27-44)51-33-17-18-34-52(51)56(42-22-7-2-8-23-42)50-32-16-14-29-47(50)48-30-19-35-53(55)54(48)56/h1-3,5-11,13-39H,4,12H2. The molecule has 1 nitrogen and oxygen atoms in total. The quantitative estimate of drug-likeness (QED) is 0.158. The highest BCUT2D eigenvalue weighted by Gasteiger charge is 2.57.